The van der Waals surface area contributed by atoms with Gasteiger partial charge >= 0.3 is 0 Å². The summed E-state index contributed by atoms with van der Waals surface area (Å²) in [5, 5.41) is 9.04. The van der Waals surface area contributed by atoms with Crippen molar-refractivity contribution in [2.75, 3.05) is 0 Å². The molecule has 2 nitrogen and oxygen atoms in total. The van der Waals surface area contributed by atoms with Crippen LogP contribution in [0, 0.1) is 32.0 Å². The lowest BCUT2D eigenvalue weighted by Crippen LogP contribution is -2.31. The zero-order chi connectivity index (χ0) is 22.3. The van der Waals surface area contributed by atoms with Crippen molar-refractivity contribution in [1.29, 1.82) is 5.26 Å². The second kappa shape index (κ2) is 6.29. The molecule has 0 aliphatic carbocycles. The molecule has 0 aliphatic rings. The Labute approximate surface area is 152 Å². The number of nitriles is 1. The lowest BCUT2D eigenvalue weighted by Gasteiger charge is -2.12. The molecule has 24 heavy (non-hydrogen) atoms. The van der Waals surface area contributed by atoms with Crippen molar-refractivity contribution in [3.8, 4) is 28.5 Å². The van der Waals surface area contributed by atoms with Crippen LogP contribution in [0.2, 0.25) is 0 Å². The molecule has 0 radical (unpaired) electrons. The van der Waals surface area contributed by atoms with Crippen LogP contribution in [-0.2, 0) is 7.05 Å². The van der Waals surface area contributed by atoms with E-state index < -0.39 is 13.7 Å². The van der Waals surface area contributed by atoms with Gasteiger partial charge in [-0.3, -0.25) is 0 Å². The van der Waals surface area contributed by atoms with Gasteiger partial charge in [0, 0.05) is 25.4 Å². The Kier molecular flexibility index (Phi) is 2.64. The Morgan fingerprint density at radius 1 is 0.958 bits per heavy atom. The normalized spacial score (nSPS) is 15.2. The smallest absolute Gasteiger partial charge is 0.201 e. The number of rotatable bonds is 2. The summed E-state index contributed by atoms with van der Waals surface area (Å²) in [6, 6.07) is 15.6. The number of pyridine rings is 1. The number of hydrogen-bond donors (Lipinski definition) is 0. The monoisotopic (exact) mass is 319 g/mol. The average Bonchev–Trinajstić information content (AvgIpc) is 2.67. The van der Waals surface area contributed by atoms with Crippen molar-refractivity contribution >= 4 is 0 Å². The Balaban J connectivity index is 2.24. The molecule has 0 fully saturated rings. The van der Waals surface area contributed by atoms with Crippen molar-refractivity contribution < 1.29 is 12.8 Å². The molecular formula is C22H21N2+. The first-order valence-corrected chi connectivity index (χ1v) is 7.58. The fourth-order valence-corrected chi connectivity index (χ4v) is 2.83. The van der Waals surface area contributed by atoms with Crippen molar-refractivity contribution in [3.63, 3.8) is 0 Å². The van der Waals surface area contributed by atoms with Crippen LogP contribution in [0.3, 0.4) is 0 Å². The average molecular weight is 319 g/mol. The zero-order valence-corrected chi connectivity index (χ0v) is 13.6. The van der Waals surface area contributed by atoms with Gasteiger partial charge in [-0.1, -0.05) is 18.2 Å². The van der Waals surface area contributed by atoms with E-state index in [1.165, 1.54) is 0 Å². The van der Waals surface area contributed by atoms with Crippen LogP contribution in [-0.4, -0.2) is 0 Å². The molecule has 0 N–H and O–H groups in total. The van der Waals surface area contributed by atoms with Gasteiger partial charge in [-0.15, -0.1) is 0 Å². The maximum atomic E-state index is 9.04. The molecule has 2 aromatic carbocycles. The summed E-state index contributed by atoms with van der Waals surface area (Å²) >= 11 is 0. The maximum Gasteiger partial charge on any atom is 0.212 e. The standard InChI is InChI=1S/C22H21N2/c1-15-5-10-22(24(4)14-15)21-12-20(16(2)11-17(21)3)19-8-6-18(13-23)7-9-19/h5-12,14H,1-4H3/q+1/i1D3,2D3. The lowest BCUT2D eigenvalue weighted by atomic mass is 9.93. The summed E-state index contributed by atoms with van der Waals surface area (Å²) < 4.78 is 48.4. The van der Waals surface area contributed by atoms with Gasteiger partial charge in [0.05, 0.1) is 11.6 Å². The molecule has 2 heteroatoms. The minimum Gasteiger partial charge on any atom is -0.201 e. The fourth-order valence-electron chi connectivity index (χ4n) is 2.83. The highest BCUT2D eigenvalue weighted by Crippen LogP contribution is 2.31. The summed E-state index contributed by atoms with van der Waals surface area (Å²) in [4.78, 5) is 0. The minimum atomic E-state index is -2.31. The van der Waals surface area contributed by atoms with E-state index in [1.54, 1.807) is 60.3 Å². The highest BCUT2D eigenvalue weighted by molar-refractivity contribution is 5.75. The summed E-state index contributed by atoms with van der Waals surface area (Å²) in [6.45, 7) is -2.67. The molecule has 0 unspecified atom stereocenters. The van der Waals surface area contributed by atoms with Crippen molar-refractivity contribution in [1.82, 2.24) is 0 Å². The molecule has 1 aromatic heterocycles. The first kappa shape index (κ1) is 10.1. The summed E-state index contributed by atoms with van der Waals surface area (Å²) in [6.07, 6.45) is 1.57. The topological polar surface area (TPSA) is 27.7 Å². The van der Waals surface area contributed by atoms with Gasteiger partial charge in [0.2, 0.25) is 5.69 Å². The third kappa shape index (κ3) is 2.94. The van der Waals surface area contributed by atoms with Gasteiger partial charge in [0.25, 0.3) is 0 Å². The molecule has 0 atom stereocenters. The SMILES string of the molecule is [2H]C([2H])([2H])c1ccc(-c2cc(-c3ccc(C#N)cc3)c(C([2H])([2H])[2H])cc2C)[n+](C)c1. The van der Waals surface area contributed by atoms with Crippen molar-refractivity contribution in [2.45, 2.75) is 20.6 Å². The molecule has 3 rings (SSSR count). The van der Waals surface area contributed by atoms with Gasteiger partial charge in [-0.2, -0.15) is 5.26 Å². The van der Waals surface area contributed by atoms with E-state index in [0.29, 0.717) is 16.7 Å². The summed E-state index contributed by atoms with van der Waals surface area (Å²) in [5.41, 5.74) is 4.56. The van der Waals surface area contributed by atoms with E-state index in [9.17, 15) is 0 Å². The summed E-state index contributed by atoms with van der Waals surface area (Å²) in [7, 11) is 1.77. The fraction of sp³-hybridized carbons (Fsp3) is 0.182. The van der Waals surface area contributed by atoms with Crippen LogP contribution >= 0.6 is 0 Å². The molecule has 0 amide bonds. The Hall–Kier alpha value is -2.92. The molecule has 0 spiro atoms. The molecule has 0 aliphatic heterocycles. The van der Waals surface area contributed by atoms with E-state index in [0.717, 1.165) is 16.8 Å². The summed E-state index contributed by atoms with van der Waals surface area (Å²) in [5.74, 6) is 0. The maximum absolute atomic E-state index is 9.04. The Morgan fingerprint density at radius 3 is 2.38 bits per heavy atom. The second-order valence-corrected chi connectivity index (χ2v) is 5.82. The van der Waals surface area contributed by atoms with Crippen LogP contribution < -0.4 is 4.57 Å². The number of aromatic nitrogens is 1. The molecule has 1 heterocycles. The van der Waals surface area contributed by atoms with E-state index in [4.69, 9.17) is 13.5 Å². The molecular weight excluding hydrogens is 292 g/mol. The van der Waals surface area contributed by atoms with Gasteiger partial charge < -0.3 is 0 Å². The van der Waals surface area contributed by atoms with E-state index in [1.807, 2.05) is 13.0 Å². The molecule has 0 saturated heterocycles. The predicted octanol–water partition coefficient (Wildman–Crippen LogP) is 4.64. The van der Waals surface area contributed by atoms with Gasteiger partial charge in [0.15, 0.2) is 6.20 Å². The predicted molar refractivity (Wildman–Crippen MR) is 97.4 cm³/mol. The van der Waals surface area contributed by atoms with Gasteiger partial charge in [0.1, 0.15) is 7.05 Å². The minimum absolute atomic E-state index is 0.232. The van der Waals surface area contributed by atoms with Crippen LogP contribution in [0.4, 0.5) is 0 Å². The highest BCUT2D eigenvalue weighted by Gasteiger charge is 2.15. The second-order valence-electron chi connectivity index (χ2n) is 5.82. The zero-order valence-electron chi connectivity index (χ0n) is 19.6. The van der Waals surface area contributed by atoms with Gasteiger partial charge in [-0.05, 0) is 67.1 Å². The number of hydrogen-bond acceptors (Lipinski definition) is 1. The number of nitrogens with zero attached hydrogens (tertiary/aromatic N) is 2. The molecule has 118 valence electrons. The van der Waals surface area contributed by atoms with E-state index in [-0.39, 0.29) is 11.1 Å². The third-order valence-electron chi connectivity index (χ3n) is 4.10. The van der Waals surface area contributed by atoms with Crippen LogP contribution in [0.1, 0.15) is 30.5 Å². The third-order valence-corrected chi connectivity index (χ3v) is 4.10. The molecule has 3 aromatic rings. The van der Waals surface area contributed by atoms with Crippen LogP contribution in [0.5, 0.6) is 0 Å². The lowest BCUT2D eigenvalue weighted by molar-refractivity contribution is -0.660. The molecule has 0 bridgehead atoms. The highest BCUT2D eigenvalue weighted by atomic mass is 14.9. The quantitative estimate of drug-likeness (QED) is 0.632. The largest absolute Gasteiger partial charge is 0.212 e. The molecule has 0 saturated carbocycles. The van der Waals surface area contributed by atoms with Crippen LogP contribution in [0.25, 0.3) is 22.4 Å². The Morgan fingerprint density at radius 2 is 1.75 bits per heavy atom. The first-order valence-electron chi connectivity index (χ1n) is 10.6. The van der Waals surface area contributed by atoms with E-state index >= 15 is 0 Å². The number of aryl methyl sites for hydroxylation is 4. The van der Waals surface area contributed by atoms with E-state index in [2.05, 4.69) is 6.07 Å². The van der Waals surface area contributed by atoms with Crippen LogP contribution in [0.15, 0.2) is 54.7 Å². The van der Waals surface area contributed by atoms with Crippen molar-refractivity contribution in [2.24, 2.45) is 7.05 Å². The van der Waals surface area contributed by atoms with Gasteiger partial charge in [-0.25, -0.2) is 4.57 Å². The van der Waals surface area contributed by atoms with Crippen molar-refractivity contribution in [3.05, 3.63) is 77.0 Å². The Bertz CT molecular complexity index is 1140. The first-order chi connectivity index (χ1) is 13.9. The number of benzene rings is 2.